The van der Waals surface area contributed by atoms with Crippen LogP contribution in [0.2, 0.25) is 0 Å². The molecule has 3 aromatic heterocycles. The van der Waals surface area contributed by atoms with Crippen LogP contribution in [0.3, 0.4) is 0 Å². The molecule has 1 N–H and O–H groups in total. The number of carbonyl (C=O) groups excluding carboxylic acids is 1. The largest absolute Gasteiger partial charge is 0.422 e. The maximum absolute atomic E-state index is 12.5. The summed E-state index contributed by atoms with van der Waals surface area (Å²) < 4.78 is 6.99. The van der Waals surface area contributed by atoms with Gasteiger partial charge in [0, 0.05) is 11.6 Å². The maximum Gasteiger partial charge on any atom is 0.349 e. The minimum atomic E-state index is -0.672. The monoisotopic (exact) mass is 334 g/mol. The van der Waals surface area contributed by atoms with Gasteiger partial charge in [0.05, 0.1) is 6.04 Å². The molecule has 1 amide bonds. The van der Waals surface area contributed by atoms with Gasteiger partial charge < -0.3 is 9.73 Å². The lowest BCUT2D eigenvalue weighted by molar-refractivity contribution is 0.0934. The highest BCUT2D eigenvalue weighted by molar-refractivity contribution is 5.96. The van der Waals surface area contributed by atoms with E-state index in [1.807, 2.05) is 30.5 Å². The second-order valence-electron chi connectivity index (χ2n) is 5.67. The number of pyridine rings is 1. The van der Waals surface area contributed by atoms with Gasteiger partial charge in [0.1, 0.15) is 11.1 Å². The van der Waals surface area contributed by atoms with E-state index >= 15 is 0 Å². The molecule has 1 atom stereocenters. The Kier molecular flexibility index (Phi) is 3.53. The van der Waals surface area contributed by atoms with Gasteiger partial charge in [-0.3, -0.25) is 9.20 Å². The van der Waals surface area contributed by atoms with Crippen molar-refractivity contribution in [2.24, 2.45) is 0 Å². The van der Waals surface area contributed by atoms with Gasteiger partial charge in [-0.2, -0.15) is 0 Å². The SMILES string of the molecule is CC(NC(=O)c1cc2ccccc2oc1=O)c1nnc2ccccn12. The number of nitrogens with one attached hydrogen (secondary N) is 1. The van der Waals surface area contributed by atoms with Gasteiger partial charge in [0.25, 0.3) is 5.91 Å². The lowest BCUT2D eigenvalue weighted by atomic mass is 10.1. The van der Waals surface area contributed by atoms with Crippen LogP contribution in [0.1, 0.15) is 29.1 Å². The lowest BCUT2D eigenvalue weighted by Crippen LogP contribution is -2.31. The second kappa shape index (κ2) is 5.86. The highest BCUT2D eigenvalue weighted by Crippen LogP contribution is 2.15. The van der Waals surface area contributed by atoms with Gasteiger partial charge in [-0.05, 0) is 31.2 Å². The third kappa shape index (κ3) is 2.65. The summed E-state index contributed by atoms with van der Waals surface area (Å²) in [5.41, 5.74) is 0.415. The van der Waals surface area contributed by atoms with Crippen molar-refractivity contribution in [3.63, 3.8) is 0 Å². The van der Waals surface area contributed by atoms with Crippen molar-refractivity contribution in [1.29, 1.82) is 0 Å². The van der Waals surface area contributed by atoms with Crippen molar-refractivity contribution in [3.8, 4) is 0 Å². The lowest BCUT2D eigenvalue weighted by Gasteiger charge is -2.12. The van der Waals surface area contributed by atoms with Gasteiger partial charge in [-0.25, -0.2) is 4.79 Å². The van der Waals surface area contributed by atoms with Crippen LogP contribution >= 0.6 is 0 Å². The van der Waals surface area contributed by atoms with Crippen molar-refractivity contribution in [3.05, 3.63) is 76.5 Å². The van der Waals surface area contributed by atoms with E-state index < -0.39 is 17.6 Å². The average molecular weight is 334 g/mol. The van der Waals surface area contributed by atoms with E-state index in [2.05, 4.69) is 15.5 Å². The molecule has 0 bridgehead atoms. The van der Waals surface area contributed by atoms with E-state index in [1.165, 1.54) is 6.07 Å². The minimum Gasteiger partial charge on any atom is -0.422 e. The van der Waals surface area contributed by atoms with Gasteiger partial charge in [-0.15, -0.1) is 10.2 Å². The van der Waals surface area contributed by atoms with Crippen LogP contribution in [-0.2, 0) is 0 Å². The van der Waals surface area contributed by atoms with Crippen molar-refractivity contribution in [1.82, 2.24) is 19.9 Å². The minimum absolute atomic E-state index is 0.0422. The predicted molar refractivity (Wildman–Crippen MR) is 91.4 cm³/mol. The standard InChI is InChI=1S/C18H14N4O3/c1-11(16-21-20-15-8-4-5-9-22(15)16)19-17(23)13-10-12-6-2-3-7-14(12)25-18(13)24/h2-11H,1H3,(H,19,23). The van der Waals surface area contributed by atoms with Crippen LogP contribution in [0.25, 0.3) is 16.6 Å². The fourth-order valence-electron chi connectivity index (χ4n) is 2.71. The molecule has 7 nitrogen and oxygen atoms in total. The van der Waals surface area contributed by atoms with Crippen LogP contribution in [0.5, 0.6) is 0 Å². The third-order valence-corrected chi connectivity index (χ3v) is 3.96. The fourth-order valence-corrected chi connectivity index (χ4v) is 2.71. The number of rotatable bonds is 3. The highest BCUT2D eigenvalue weighted by Gasteiger charge is 2.19. The molecule has 4 rings (SSSR count). The number of amides is 1. The molecule has 0 spiro atoms. The molecule has 0 fully saturated rings. The first-order valence-corrected chi connectivity index (χ1v) is 7.77. The van der Waals surface area contributed by atoms with E-state index in [9.17, 15) is 9.59 Å². The Hall–Kier alpha value is -3.48. The van der Waals surface area contributed by atoms with Crippen LogP contribution < -0.4 is 10.9 Å². The van der Waals surface area contributed by atoms with Crippen molar-refractivity contribution in [2.75, 3.05) is 0 Å². The first kappa shape index (κ1) is 15.1. The predicted octanol–water partition coefficient (Wildman–Crippen LogP) is 2.33. The highest BCUT2D eigenvalue weighted by atomic mass is 16.4. The van der Waals surface area contributed by atoms with Crippen LogP contribution in [0.4, 0.5) is 0 Å². The molecule has 1 unspecified atom stereocenters. The number of hydrogen-bond donors (Lipinski definition) is 1. The summed E-state index contributed by atoms with van der Waals surface area (Å²) in [6.07, 6.45) is 1.82. The smallest absolute Gasteiger partial charge is 0.349 e. The first-order chi connectivity index (χ1) is 12.1. The number of hydrogen-bond acceptors (Lipinski definition) is 5. The number of nitrogens with zero attached hydrogens (tertiary/aromatic N) is 3. The van der Waals surface area contributed by atoms with E-state index in [0.29, 0.717) is 22.4 Å². The molecule has 124 valence electrons. The zero-order valence-electron chi connectivity index (χ0n) is 13.3. The zero-order valence-corrected chi connectivity index (χ0v) is 13.3. The quantitative estimate of drug-likeness (QED) is 0.581. The van der Waals surface area contributed by atoms with Crippen LogP contribution in [0.15, 0.2) is 63.9 Å². The molecule has 0 aliphatic carbocycles. The molecule has 0 aliphatic rings. The van der Waals surface area contributed by atoms with Crippen molar-refractivity contribution >= 4 is 22.5 Å². The molecule has 0 saturated heterocycles. The Bertz CT molecular complexity index is 1150. The van der Waals surface area contributed by atoms with Crippen molar-refractivity contribution < 1.29 is 9.21 Å². The Morgan fingerprint density at radius 3 is 2.84 bits per heavy atom. The van der Waals surface area contributed by atoms with Gasteiger partial charge in [0.15, 0.2) is 11.5 Å². The summed E-state index contributed by atoms with van der Waals surface area (Å²) >= 11 is 0. The fraction of sp³-hybridized carbons (Fsp3) is 0.111. The Balaban J connectivity index is 1.65. The molecule has 0 aliphatic heterocycles. The van der Waals surface area contributed by atoms with Gasteiger partial charge in [0.2, 0.25) is 0 Å². The normalized spacial score (nSPS) is 12.4. The first-order valence-electron chi connectivity index (χ1n) is 7.77. The van der Waals surface area contributed by atoms with Gasteiger partial charge >= 0.3 is 5.63 Å². The van der Waals surface area contributed by atoms with E-state index in [-0.39, 0.29) is 5.56 Å². The Morgan fingerprint density at radius 1 is 1.16 bits per heavy atom. The zero-order chi connectivity index (χ0) is 17.4. The molecule has 0 radical (unpaired) electrons. The van der Waals surface area contributed by atoms with E-state index in [4.69, 9.17) is 4.42 Å². The molecular weight excluding hydrogens is 320 g/mol. The second-order valence-corrected chi connectivity index (χ2v) is 5.67. The summed E-state index contributed by atoms with van der Waals surface area (Å²) in [7, 11) is 0. The molecule has 3 heterocycles. The summed E-state index contributed by atoms with van der Waals surface area (Å²) in [5.74, 6) is 0.0637. The number of aromatic nitrogens is 3. The molecular formula is C18H14N4O3. The number of carbonyl (C=O) groups is 1. The summed E-state index contributed by atoms with van der Waals surface area (Å²) in [6, 6.07) is 13.7. The number of para-hydroxylation sites is 1. The average Bonchev–Trinajstić information content (AvgIpc) is 3.05. The van der Waals surface area contributed by atoms with Crippen LogP contribution in [0, 0.1) is 0 Å². The third-order valence-electron chi connectivity index (χ3n) is 3.96. The Labute approximate surface area is 141 Å². The van der Waals surface area contributed by atoms with E-state index in [0.717, 1.165) is 0 Å². The number of fused-ring (bicyclic) bond motifs is 2. The molecule has 7 heteroatoms. The topological polar surface area (TPSA) is 89.5 Å². The molecule has 4 aromatic rings. The molecule has 25 heavy (non-hydrogen) atoms. The summed E-state index contributed by atoms with van der Waals surface area (Å²) in [5, 5.41) is 11.6. The van der Waals surface area contributed by atoms with Crippen LogP contribution in [-0.4, -0.2) is 20.5 Å². The van der Waals surface area contributed by atoms with E-state index in [1.54, 1.807) is 29.5 Å². The molecule has 0 saturated carbocycles. The summed E-state index contributed by atoms with van der Waals surface area (Å²) in [6.45, 7) is 1.78. The number of benzene rings is 1. The van der Waals surface area contributed by atoms with Crippen molar-refractivity contribution in [2.45, 2.75) is 13.0 Å². The Morgan fingerprint density at radius 2 is 1.96 bits per heavy atom. The summed E-state index contributed by atoms with van der Waals surface area (Å²) in [4.78, 5) is 24.6. The van der Waals surface area contributed by atoms with Gasteiger partial charge in [-0.1, -0.05) is 24.3 Å². The maximum atomic E-state index is 12.5. The molecule has 1 aromatic carbocycles.